The predicted molar refractivity (Wildman–Crippen MR) is 111 cm³/mol. The molecule has 6 heteroatoms. The number of hydrogen-bond donors (Lipinski definition) is 1. The van der Waals surface area contributed by atoms with Crippen molar-refractivity contribution in [3.05, 3.63) is 82.3 Å². The standard InChI is InChI=1S/C23H23N3O3/c1-29-18-12-10-16(11-13-18)20-9-5-6-14-26(20)23(28)19-15-24-21(25-22(19)27)17-7-3-2-4-8-17/h2-4,7-8,10-13,15,20H,5-6,9,14H2,1H3,(H,24,25,27)/t20-/m1/s1. The molecule has 3 aromatic rings. The minimum absolute atomic E-state index is 0.0599. The number of aromatic nitrogens is 2. The maximum Gasteiger partial charge on any atom is 0.264 e. The Hall–Kier alpha value is -3.41. The van der Waals surface area contributed by atoms with E-state index in [2.05, 4.69) is 9.97 Å². The summed E-state index contributed by atoms with van der Waals surface area (Å²) in [5, 5.41) is 0. The van der Waals surface area contributed by atoms with Crippen LogP contribution in [0.15, 0.2) is 65.6 Å². The molecular formula is C23H23N3O3. The average Bonchev–Trinajstić information content (AvgIpc) is 2.79. The first-order valence-corrected chi connectivity index (χ1v) is 9.77. The molecule has 1 fully saturated rings. The zero-order valence-electron chi connectivity index (χ0n) is 16.3. The Morgan fingerprint density at radius 3 is 2.55 bits per heavy atom. The number of likely N-dealkylation sites (tertiary alicyclic amines) is 1. The van der Waals surface area contributed by atoms with Crippen LogP contribution in [0.25, 0.3) is 11.4 Å². The van der Waals surface area contributed by atoms with Crippen molar-refractivity contribution < 1.29 is 9.53 Å². The van der Waals surface area contributed by atoms with Crippen molar-refractivity contribution in [1.82, 2.24) is 14.9 Å². The van der Waals surface area contributed by atoms with E-state index in [1.54, 1.807) is 12.0 Å². The van der Waals surface area contributed by atoms with Gasteiger partial charge in [-0.25, -0.2) is 4.98 Å². The maximum absolute atomic E-state index is 13.2. The highest BCUT2D eigenvalue weighted by atomic mass is 16.5. The van der Waals surface area contributed by atoms with E-state index in [-0.39, 0.29) is 17.5 Å². The highest BCUT2D eigenvalue weighted by molar-refractivity contribution is 5.94. The molecule has 1 atom stereocenters. The summed E-state index contributed by atoms with van der Waals surface area (Å²) < 4.78 is 5.23. The van der Waals surface area contributed by atoms with Crippen molar-refractivity contribution in [2.45, 2.75) is 25.3 Å². The van der Waals surface area contributed by atoms with Crippen LogP contribution in [0.4, 0.5) is 0 Å². The number of carbonyl (C=O) groups excluding carboxylic acids is 1. The molecule has 0 unspecified atom stereocenters. The molecule has 2 heterocycles. The van der Waals surface area contributed by atoms with Crippen LogP contribution < -0.4 is 10.3 Å². The van der Waals surface area contributed by atoms with E-state index < -0.39 is 5.56 Å². The smallest absolute Gasteiger partial charge is 0.264 e. The second kappa shape index (κ2) is 8.31. The van der Waals surface area contributed by atoms with Gasteiger partial charge in [-0.3, -0.25) is 9.59 Å². The molecule has 1 aliphatic heterocycles. The third-order valence-electron chi connectivity index (χ3n) is 5.34. The summed E-state index contributed by atoms with van der Waals surface area (Å²) in [6.45, 7) is 0.620. The molecule has 0 radical (unpaired) electrons. The molecule has 1 aliphatic rings. The molecular weight excluding hydrogens is 366 g/mol. The van der Waals surface area contributed by atoms with Gasteiger partial charge in [-0.2, -0.15) is 0 Å². The first kappa shape index (κ1) is 18.9. The van der Waals surface area contributed by atoms with Gasteiger partial charge < -0.3 is 14.6 Å². The van der Waals surface area contributed by atoms with Crippen LogP contribution in [-0.2, 0) is 0 Å². The lowest BCUT2D eigenvalue weighted by Crippen LogP contribution is -2.40. The number of methoxy groups -OCH3 is 1. The Morgan fingerprint density at radius 1 is 1.10 bits per heavy atom. The topological polar surface area (TPSA) is 75.3 Å². The highest BCUT2D eigenvalue weighted by Gasteiger charge is 2.30. The fourth-order valence-electron chi connectivity index (χ4n) is 3.79. The Morgan fingerprint density at radius 2 is 1.86 bits per heavy atom. The lowest BCUT2D eigenvalue weighted by atomic mass is 9.94. The van der Waals surface area contributed by atoms with E-state index in [0.717, 1.165) is 36.1 Å². The average molecular weight is 389 g/mol. The van der Waals surface area contributed by atoms with E-state index in [1.165, 1.54) is 6.20 Å². The van der Waals surface area contributed by atoms with Crippen molar-refractivity contribution in [2.75, 3.05) is 13.7 Å². The number of nitrogens with one attached hydrogen (secondary N) is 1. The summed E-state index contributed by atoms with van der Waals surface area (Å²) in [5.41, 5.74) is 1.51. The van der Waals surface area contributed by atoms with Crippen molar-refractivity contribution in [3.63, 3.8) is 0 Å². The fraction of sp³-hybridized carbons (Fsp3) is 0.261. The molecule has 1 amide bonds. The molecule has 0 saturated carbocycles. The molecule has 1 aromatic heterocycles. The van der Waals surface area contributed by atoms with Crippen LogP contribution in [0.2, 0.25) is 0 Å². The molecule has 0 spiro atoms. The van der Waals surface area contributed by atoms with E-state index in [1.807, 2.05) is 54.6 Å². The van der Waals surface area contributed by atoms with E-state index in [0.29, 0.717) is 12.4 Å². The van der Waals surface area contributed by atoms with Crippen molar-refractivity contribution >= 4 is 5.91 Å². The molecule has 0 aliphatic carbocycles. The summed E-state index contributed by atoms with van der Waals surface area (Å²) in [7, 11) is 1.63. The monoisotopic (exact) mass is 389 g/mol. The van der Waals surface area contributed by atoms with Gasteiger partial charge in [0.15, 0.2) is 0 Å². The van der Waals surface area contributed by atoms with Crippen LogP contribution in [0.3, 0.4) is 0 Å². The Bertz CT molecular complexity index is 1040. The Labute approximate surface area is 169 Å². The summed E-state index contributed by atoms with van der Waals surface area (Å²) in [4.78, 5) is 34.8. The first-order chi connectivity index (χ1) is 14.2. The number of benzene rings is 2. The van der Waals surface area contributed by atoms with Gasteiger partial charge >= 0.3 is 0 Å². The third-order valence-corrected chi connectivity index (χ3v) is 5.34. The fourth-order valence-corrected chi connectivity index (χ4v) is 3.79. The van der Waals surface area contributed by atoms with Crippen LogP contribution >= 0.6 is 0 Å². The number of amides is 1. The van der Waals surface area contributed by atoms with Crippen LogP contribution in [0.1, 0.15) is 41.2 Å². The number of rotatable bonds is 4. The number of ether oxygens (including phenoxy) is 1. The third kappa shape index (κ3) is 3.92. The summed E-state index contributed by atoms with van der Waals surface area (Å²) >= 11 is 0. The molecule has 29 heavy (non-hydrogen) atoms. The number of carbonyl (C=O) groups is 1. The Kier molecular flexibility index (Phi) is 5.42. The minimum Gasteiger partial charge on any atom is -0.497 e. The molecule has 1 N–H and O–H groups in total. The molecule has 0 bridgehead atoms. The summed E-state index contributed by atoms with van der Waals surface area (Å²) in [6, 6.07) is 17.1. The lowest BCUT2D eigenvalue weighted by Gasteiger charge is -2.36. The Balaban J connectivity index is 1.62. The van der Waals surface area contributed by atoms with E-state index >= 15 is 0 Å². The summed E-state index contributed by atoms with van der Waals surface area (Å²) in [6.07, 6.45) is 4.22. The van der Waals surface area contributed by atoms with Gasteiger partial charge in [-0.05, 0) is 37.0 Å². The van der Waals surface area contributed by atoms with Gasteiger partial charge in [-0.15, -0.1) is 0 Å². The quantitative estimate of drug-likeness (QED) is 0.736. The molecule has 148 valence electrons. The van der Waals surface area contributed by atoms with Gasteiger partial charge in [0, 0.05) is 18.3 Å². The van der Waals surface area contributed by atoms with Gasteiger partial charge in [0.25, 0.3) is 11.5 Å². The van der Waals surface area contributed by atoms with Gasteiger partial charge in [0.2, 0.25) is 0 Å². The normalized spacial score (nSPS) is 16.4. The minimum atomic E-state index is -0.414. The van der Waals surface area contributed by atoms with Gasteiger partial charge in [0.1, 0.15) is 17.1 Å². The first-order valence-electron chi connectivity index (χ1n) is 9.77. The number of nitrogens with zero attached hydrogens (tertiary/aromatic N) is 2. The van der Waals surface area contributed by atoms with Crippen molar-refractivity contribution in [1.29, 1.82) is 0 Å². The number of aromatic amines is 1. The summed E-state index contributed by atoms with van der Waals surface area (Å²) in [5.74, 6) is 0.955. The van der Waals surface area contributed by atoms with E-state index in [9.17, 15) is 9.59 Å². The second-order valence-electron chi connectivity index (χ2n) is 7.12. The van der Waals surface area contributed by atoms with Crippen LogP contribution in [-0.4, -0.2) is 34.4 Å². The predicted octanol–water partition coefficient (Wildman–Crippen LogP) is 3.81. The molecule has 1 saturated heterocycles. The molecule has 4 rings (SSSR count). The molecule has 2 aromatic carbocycles. The SMILES string of the molecule is COc1ccc([C@H]2CCCCN2C(=O)c2cnc(-c3ccccc3)[nH]c2=O)cc1. The second-order valence-corrected chi connectivity index (χ2v) is 7.12. The van der Waals surface area contributed by atoms with Crippen LogP contribution in [0.5, 0.6) is 5.75 Å². The lowest BCUT2D eigenvalue weighted by molar-refractivity contribution is 0.0609. The zero-order chi connectivity index (χ0) is 20.2. The van der Waals surface area contributed by atoms with Crippen LogP contribution in [0, 0.1) is 0 Å². The number of hydrogen-bond acceptors (Lipinski definition) is 4. The number of piperidine rings is 1. The van der Waals surface area contributed by atoms with Gasteiger partial charge in [0.05, 0.1) is 13.2 Å². The highest BCUT2D eigenvalue weighted by Crippen LogP contribution is 2.32. The van der Waals surface area contributed by atoms with Crippen molar-refractivity contribution in [3.8, 4) is 17.1 Å². The van der Waals surface area contributed by atoms with E-state index in [4.69, 9.17) is 4.74 Å². The maximum atomic E-state index is 13.2. The molecule has 6 nitrogen and oxygen atoms in total. The largest absolute Gasteiger partial charge is 0.497 e. The number of H-pyrrole nitrogens is 1. The van der Waals surface area contributed by atoms with Crippen molar-refractivity contribution in [2.24, 2.45) is 0 Å². The van der Waals surface area contributed by atoms with Gasteiger partial charge in [-0.1, -0.05) is 42.5 Å². The zero-order valence-corrected chi connectivity index (χ0v) is 16.3.